The summed E-state index contributed by atoms with van der Waals surface area (Å²) in [6.45, 7) is 24.0. The van der Waals surface area contributed by atoms with E-state index in [1.54, 1.807) is 0 Å². The van der Waals surface area contributed by atoms with E-state index in [1.807, 2.05) is 48.5 Å². The number of para-hydroxylation sites is 6. The molecular formula is C51H28N6. The Bertz CT molecular complexity index is 3500. The lowest BCUT2D eigenvalue weighted by molar-refractivity contribution is 1.13. The predicted octanol–water partition coefficient (Wildman–Crippen LogP) is 14.3. The number of nitrogens with zero attached hydrogens (tertiary/aromatic N) is 6. The number of rotatable bonds is 4. The highest BCUT2D eigenvalue weighted by Crippen LogP contribution is 2.46. The normalized spacial score (nSPS) is 11.5. The Hall–Kier alpha value is -8.37. The van der Waals surface area contributed by atoms with Crippen LogP contribution in [-0.4, -0.2) is 13.7 Å². The lowest BCUT2D eigenvalue weighted by Crippen LogP contribution is -2.03. The standard InChI is InChI=1S/C51H28N6/c1-52-32-26-28-47-40(30-32)41-31-33(53-2)27-29-48(41)56(47)50-38(18-12-20-42(50)54-3)36-16-6-10-23-45(36)57-46-24-11-7-17-37(46)39-19-13-25-49(51(39)57)55-43-21-8-4-14-34(43)35-15-5-9-22-44(35)55/h4-31H. The molecule has 8 aromatic carbocycles. The Kier molecular flexibility index (Phi) is 6.95. The van der Waals surface area contributed by atoms with Gasteiger partial charge in [0, 0.05) is 27.1 Å². The zero-order valence-corrected chi connectivity index (χ0v) is 30.3. The van der Waals surface area contributed by atoms with Crippen molar-refractivity contribution in [3.63, 3.8) is 0 Å². The summed E-state index contributed by atoms with van der Waals surface area (Å²) in [5, 5.41) is 6.42. The first-order valence-corrected chi connectivity index (χ1v) is 18.6. The minimum absolute atomic E-state index is 0.498. The van der Waals surface area contributed by atoms with Crippen molar-refractivity contribution in [1.82, 2.24) is 13.7 Å². The molecule has 6 heteroatoms. The van der Waals surface area contributed by atoms with Gasteiger partial charge >= 0.3 is 0 Å². The quantitative estimate of drug-likeness (QED) is 0.162. The smallest absolute Gasteiger partial charge is 0.211 e. The molecule has 11 aromatic rings. The fourth-order valence-electron chi connectivity index (χ4n) is 8.96. The Labute approximate surface area is 327 Å². The second-order valence-corrected chi connectivity index (χ2v) is 14.2. The van der Waals surface area contributed by atoms with Crippen LogP contribution >= 0.6 is 0 Å². The van der Waals surface area contributed by atoms with Crippen molar-refractivity contribution in [2.75, 3.05) is 0 Å². The highest BCUT2D eigenvalue weighted by Gasteiger charge is 2.24. The first kappa shape index (κ1) is 32.1. The van der Waals surface area contributed by atoms with Crippen molar-refractivity contribution in [2.45, 2.75) is 0 Å². The van der Waals surface area contributed by atoms with Crippen LogP contribution < -0.4 is 0 Å². The topological polar surface area (TPSA) is 27.9 Å². The molecular weight excluding hydrogens is 697 g/mol. The molecule has 3 aromatic heterocycles. The maximum atomic E-state index is 8.46. The summed E-state index contributed by atoms with van der Waals surface area (Å²) >= 11 is 0. The van der Waals surface area contributed by atoms with E-state index < -0.39 is 0 Å². The van der Waals surface area contributed by atoms with Crippen LogP contribution in [0.1, 0.15) is 0 Å². The number of benzene rings is 8. The zero-order valence-electron chi connectivity index (χ0n) is 30.3. The maximum absolute atomic E-state index is 8.46. The molecule has 0 amide bonds. The largest absolute Gasteiger partial charge is 0.319 e. The summed E-state index contributed by atoms with van der Waals surface area (Å²) in [5.41, 5.74) is 12.3. The molecule has 57 heavy (non-hydrogen) atoms. The average Bonchev–Trinajstić information content (AvgIpc) is 3.91. The van der Waals surface area contributed by atoms with Crippen LogP contribution in [0.2, 0.25) is 0 Å². The first-order valence-electron chi connectivity index (χ1n) is 18.6. The summed E-state index contributed by atoms with van der Waals surface area (Å²) in [5.74, 6) is 0. The van der Waals surface area contributed by atoms with Crippen molar-refractivity contribution < 1.29 is 0 Å². The molecule has 0 saturated carbocycles. The fourth-order valence-corrected chi connectivity index (χ4v) is 8.96. The van der Waals surface area contributed by atoms with Crippen LogP contribution in [0, 0.1) is 19.7 Å². The minimum Gasteiger partial charge on any atom is -0.319 e. The van der Waals surface area contributed by atoms with Gasteiger partial charge in [-0.15, -0.1) is 0 Å². The monoisotopic (exact) mass is 724 g/mol. The number of fused-ring (bicyclic) bond motifs is 9. The number of aromatic nitrogens is 3. The van der Waals surface area contributed by atoms with Crippen molar-refractivity contribution in [3.8, 4) is 28.2 Å². The van der Waals surface area contributed by atoms with Crippen LogP contribution in [0.5, 0.6) is 0 Å². The molecule has 0 bridgehead atoms. The summed E-state index contributed by atoms with van der Waals surface area (Å²) in [6, 6.07) is 58.1. The highest BCUT2D eigenvalue weighted by atomic mass is 15.1. The molecule has 0 saturated heterocycles. The van der Waals surface area contributed by atoms with Gasteiger partial charge in [0.25, 0.3) is 0 Å². The summed E-state index contributed by atoms with van der Waals surface area (Å²) in [6.07, 6.45) is 0. The van der Waals surface area contributed by atoms with Gasteiger partial charge in [-0.05, 0) is 70.9 Å². The molecule has 0 fully saturated rings. The Morgan fingerprint density at radius 3 is 1.42 bits per heavy atom. The van der Waals surface area contributed by atoms with Crippen molar-refractivity contribution in [2.24, 2.45) is 0 Å². The molecule has 0 N–H and O–H groups in total. The first-order chi connectivity index (χ1) is 28.2. The highest BCUT2D eigenvalue weighted by molar-refractivity contribution is 6.16. The lowest BCUT2D eigenvalue weighted by atomic mass is 9.99. The number of hydrogen-bond acceptors (Lipinski definition) is 0. The molecule has 0 unspecified atom stereocenters. The molecule has 262 valence electrons. The van der Waals surface area contributed by atoms with Gasteiger partial charge in [-0.25, -0.2) is 14.5 Å². The average molecular weight is 725 g/mol. The van der Waals surface area contributed by atoms with E-state index in [-0.39, 0.29) is 0 Å². The minimum atomic E-state index is 0.498. The molecule has 0 radical (unpaired) electrons. The number of hydrogen-bond donors (Lipinski definition) is 0. The van der Waals surface area contributed by atoms with Gasteiger partial charge in [0.15, 0.2) is 11.4 Å². The van der Waals surface area contributed by atoms with Gasteiger partial charge in [0.2, 0.25) is 5.69 Å². The Balaban J connectivity index is 1.26. The third-order valence-corrected chi connectivity index (χ3v) is 11.3. The molecule has 6 nitrogen and oxygen atoms in total. The SMILES string of the molecule is [C-]#[N+]c1ccc2c(c1)c1cc([N+]#[C-])ccc1n2-c1c([N+]#[C-])cccc1-c1ccccc1-n1c2ccccc2c2cccc(-n3c4ccccc4c4ccccc43)c21. The Morgan fingerprint density at radius 2 is 0.807 bits per heavy atom. The van der Waals surface area contributed by atoms with E-state index in [0.717, 1.165) is 82.8 Å². The van der Waals surface area contributed by atoms with E-state index in [1.165, 1.54) is 10.8 Å². The molecule has 0 aliphatic carbocycles. The van der Waals surface area contributed by atoms with E-state index in [9.17, 15) is 0 Å². The second-order valence-electron chi connectivity index (χ2n) is 14.2. The van der Waals surface area contributed by atoms with Gasteiger partial charge in [0.05, 0.1) is 69.9 Å². The van der Waals surface area contributed by atoms with Crippen molar-refractivity contribution >= 4 is 82.5 Å². The van der Waals surface area contributed by atoms with E-state index in [2.05, 4.69) is 150 Å². The van der Waals surface area contributed by atoms with Gasteiger partial charge in [-0.2, -0.15) is 0 Å². The van der Waals surface area contributed by atoms with Crippen LogP contribution in [0.25, 0.3) is 108 Å². The molecule has 0 spiro atoms. The van der Waals surface area contributed by atoms with Crippen LogP contribution in [-0.2, 0) is 0 Å². The molecule has 0 aliphatic heterocycles. The van der Waals surface area contributed by atoms with Gasteiger partial charge in [-0.1, -0.05) is 115 Å². The summed E-state index contributed by atoms with van der Waals surface area (Å²) in [4.78, 5) is 11.6. The third-order valence-electron chi connectivity index (χ3n) is 11.3. The third kappa shape index (κ3) is 4.55. The summed E-state index contributed by atoms with van der Waals surface area (Å²) < 4.78 is 6.92. The van der Waals surface area contributed by atoms with Crippen molar-refractivity contribution in [1.29, 1.82) is 0 Å². The van der Waals surface area contributed by atoms with E-state index in [0.29, 0.717) is 17.1 Å². The van der Waals surface area contributed by atoms with Crippen LogP contribution in [0.3, 0.4) is 0 Å². The van der Waals surface area contributed by atoms with Crippen LogP contribution in [0.4, 0.5) is 17.1 Å². The molecule has 11 rings (SSSR count). The summed E-state index contributed by atoms with van der Waals surface area (Å²) in [7, 11) is 0. The molecule has 3 heterocycles. The van der Waals surface area contributed by atoms with Crippen LogP contribution in [0.15, 0.2) is 170 Å². The maximum Gasteiger partial charge on any atom is 0.211 e. The van der Waals surface area contributed by atoms with E-state index >= 15 is 0 Å². The van der Waals surface area contributed by atoms with Gasteiger partial charge < -0.3 is 13.7 Å². The second kappa shape index (κ2) is 12.3. The Morgan fingerprint density at radius 1 is 0.333 bits per heavy atom. The van der Waals surface area contributed by atoms with Crippen molar-refractivity contribution in [3.05, 3.63) is 204 Å². The zero-order chi connectivity index (χ0) is 38.2. The van der Waals surface area contributed by atoms with Gasteiger partial charge in [0.1, 0.15) is 0 Å². The molecule has 0 atom stereocenters. The van der Waals surface area contributed by atoms with E-state index in [4.69, 9.17) is 19.7 Å². The fraction of sp³-hybridized carbons (Fsp3) is 0. The molecule has 0 aliphatic rings. The predicted molar refractivity (Wildman–Crippen MR) is 234 cm³/mol. The van der Waals surface area contributed by atoms with Gasteiger partial charge in [-0.3, -0.25) is 0 Å². The lowest BCUT2D eigenvalue weighted by Gasteiger charge is -2.20.